The Kier molecular flexibility index (Phi) is 6.41. The maximum absolute atomic E-state index is 12.0. The fourth-order valence-corrected chi connectivity index (χ4v) is 1.91. The summed E-state index contributed by atoms with van der Waals surface area (Å²) in [5.41, 5.74) is 2.17. The van der Waals surface area contributed by atoms with E-state index in [1.807, 2.05) is 19.1 Å². The van der Waals surface area contributed by atoms with Gasteiger partial charge in [-0.3, -0.25) is 4.79 Å². The van der Waals surface area contributed by atoms with Crippen LogP contribution in [0, 0.1) is 11.8 Å². The number of halogens is 1. The molecule has 0 aliphatic heterocycles. The second-order valence-corrected chi connectivity index (χ2v) is 5.81. The van der Waals surface area contributed by atoms with Gasteiger partial charge in [0.2, 0.25) is 5.91 Å². The molecule has 1 unspecified atom stereocenters. The monoisotopic (exact) mass is 311 g/mol. The summed E-state index contributed by atoms with van der Waals surface area (Å²) < 4.78 is 0. The number of carbonyl (C=O) groups is 1. The molecule has 1 aromatic rings. The van der Waals surface area contributed by atoms with Crippen LogP contribution in [0.25, 0.3) is 0 Å². The molecule has 0 spiro atoms. The van der Waals surface area contributed by atoms with Gasteiger partial charge in [0.25, 0.3) is 0 Å². The minimum absolute atomic E-state index is 0.0381. The number of carbonyl (C=O) groups excluding carboxylic acids is 1. The van der Waals surface area contributed by atoms with Gasteiger partial charge in [-0.1, -0.05) is 48.8 Å². The van der Waals surface area contributed by atoms with Gasteiger partial charge in [-0.05, 0) is 36.5 Å². The van der Waals surface area contributed by atoms with Crippen LogP contribution < -0.4 is 5.32 Å². The molecule has 0 radical (unpaired) electrons. The topological polar surface area (TPSA) is 29.1 Å². The number of hydrogen-bond donors (Lipinski definition) is 1. The number of alkyl halides is 1. The first-order chi connectivity index (χ1) is 8.54. The van der Waals surface area contributed by atoms with Crippen molar-refractivity contribution in [2.45, 2.75) is 33.6 Å². The lowest BCUT2D eigenvalue weighted by molar-refractivity contribution is -0.120. The Labute approximate surface area is 118 Å². The van der Waals surface area contributed by atoms with Gasteiger partial charge in [-0.25, -0.2) is 0 Å². The summed E-state index contributed by atoms with van der Waals surface area (Å²) in [7, 11) is 0. The molecule has 0 bridgehead atoms. The minimum Gasteiger partial charge on any atom is -0.326 e. The van der Waals surface area contributed by atoms with Crippen LogP contribution >= 0.6 is 15.9 Å². The smallest absolute Gasteiger partial charge is 0.227 e. The largest absolute Gasteiger partial charge is 0.326 e. The van der Waals surface area contributed by atoms with Crippen molar-refractivity contribution in [1.82, 2.24) is 0 Å². The fraction of sp³-hybridized carbons (Fsp3) is 0.533. The molecule has 1 amide bonds. The van der Waals surface area contributed by atoms with Crippen molar-refractivity contribution in [1.29, 1.82) is 0 Å². The molecular formula is C15H22BrNO. The molecule has 0 heterocycles. The van der Waals surface area contributed by atoms with Crippen LogP contribution in [0.2, 0.25) is 0 Å². The summed E-state index contributed by atoms with van der Waals surface area (Å²) in [5, 5.41) is 4.00. The van der Waals surface area contributed by atoms with E-state index in [0.29, 0.717) is 5.92 Å². The van der Waals surface area contributed by atoms with Crippen LogP contribution in [0.4, 0.5) is 5.69 Å². The van der Waals surface area contributed by atoms with Crippen LogP contribution in [0.3, 0.4) is 0 Å². The standard InChI is InChI=1S/C15H22BrNO/c1-11(2)12(3)15(18)17-14-8-4-6-13(10-14)7-5-9-16/h4,6,8,10-12H,5,7,9H2,1-3H3,(H,17,18). The van der Waals surface area contributed by atoms with Crippen LogP contribution in [0.15, 0.2) is 24.3 Å². The van der Waals surface area contributed by atoms with E-state index in [2.05, 4.69) is 47.2 Å². The van der Waals surface area contributed by atoms with Gasteiger partial charge < -0.3 is 5.32 Å². The zero-order valence-corrected chi connectivity index (χ0v) is 13.0. The molecule has 1 N–H and O–H groups in total. The zero-order chi connectivity index (χ0) is 13.5. The van der Waals surface area contributed by atoms with Crippen LogP contribution in [-0.2, 0) is 11.2 Å². The highest BCUT2D eigenvalue weighted by molar-refractivity contribution is 9.09. The second-order valence-electron chi connectivity index (χ2n) is 5.01. The molecule has 2 nitrogen and oxygen atoms in total. The van der Waals surface area contributed by atoms with E-state index in [1.54, 1.807) is 0 Å². The molecule has 100 valence electrons. The van der Waals surface area contributed by atoms with Crippen LogP contribution in [-0.4, -0.2) is 11.2 Å². The molecule has 1 rings (SSSR count). The molecule has 0 fully saturated rings. The van der Waals surface area contributed by atoms with Crippen molar-refractivity contribution >= 4 is 27.5 Å². The summed E-state index contributed by atoms with van der Waals surface area (Å²) in [5.74, 6) is 0.500. The molecule has 0 aromatic heterocycles. The third kappa shape index (κ3) is 4.81. The quantitative estimate of drug-likeness (QED) is 0.782. The van der Waals surface area contributed by atoms with E-state index < -0.39 is 0 Å². The summed E-state index contributed by atoms with van der Waals surface area (Å²) in [6.07, 6.45) is 2.15. The van der Waals surface area contributed by atoms with Gasteiger partial charge in [0, 0.05) is 16.9 Å². The maximum Gasteiger partial charge on any atom is 0.227 e. The number of amides is 1. The number of nitrogens with one attached hydrogen (secondary N) is 1. The summed E-state index contributed by atoms with van der Waals surface area (Å²) in [6.45, 7) is 6.10. The van der Waals surface area contributed by atoms with E-state index in [1.165, 1.54) is 5.56 Å². The Balaban J connectivity index is 2.64. The summed E-state index contributed by atoms with van der Waals surface area (Å²) >= 11 is 3.43. The molecule has 1 atom stereocenters. The van der Waals surface area contributed by atoms with Crippen molar-refractivity contribution in [3.63, 3.8) is 0 Å². The molecule has 0 aliphatic carbocycles. The lowest BCUT2D eigenvalue weighted by Crippen LogP contribution is -2.24. The van der Waals surface area contributed by atoms with E-state index in [0.717, 1.165) is 23.9 Å². The number of rotatable bonds is 6. The highest BCUT2D eigenvalue weighted by Crippen LogP contribution is 2.16. The predicted octanol–water partition coefficient (Wildman–Crippen LogP) is 4.24. The maximum atomic E-state index is 12.0. The van der Waals surface area contributed by atoms with E-state index in [9.17, 15) is 4.79 Å². The Morgan fingerprint density at radius 2 is 2.06 bits per heavy atom. The first-order valence-corrected chi connectivity index (χ1v) is 7.62. The van der Waals surface area contributed by atoms with E-state index in [4.69, 9.17) is 0 Å². The number of hydrogen-bond acceptors (Lipinski definition) is 1. The summed E-state index contributed by atoms with van der Waals surface area (Å²) in [4.78, 5) is 12.0. The third-order valence-electron chi connectivity index (χ3n) is 3.21. The van der Waals surface area contributed by atoms with Gasteiger partial charge in [0.1, 0.15) is 0 Å². The van der Waals surface area contributed by atoms with Gasteiger partial charge in [0.05, 0.1) is 0 Å². The van der Waals surface area contributed by atoms with Gasteiger partial charge in [-0.15, -0.1) is 0 Å². The summed E-state index contributed by atoms with van der Waals surface area (Å²) in [6, 6.07) is 8.11. The van der Waals surface area contributed by atoms with Crippen molar-refractivity contribution in [3.05, 3.63) is 29.8 Å². The van der Waals surface area contributed by atoms with E-state index >= 15 is 0 Å². The average Bonchev–Trinajstić information content (AvgIpc) is 2.35. The van der Waals surface area contributed by atoms with Crippen molar-refractivity contribution in [3.8, 4) is 0 Å². The van der Waals surface area contributed by atoms with Gasteiger partial charge in [0.15, 0.2) is 0 Å². The van der Waals surface area contributed by atoms with E-state index in [-0.39, 0.29) is 11.8 Å². The molecule has 0 saturated carbocycles. The molecule has 0 aliphatic rings. The lowest BCUT2D eigenvalue weighted by atomic mass is 9.97. The van der Waals surface area contributed by atoms with Gasteiger partial charge >= 0.3 is 0 Å². The Bertz CT molecular complexity index is 390. The molecule has 0 saturated heterocycles. The van der Waals surface area contributed by atoms with Crippen LogP contribution in [0.5, 0.6) is 0 Å². The minimum atomic E-state index is 0.0381. The SMILES string of the molecule is CC(C)C(C)C(=O)Nc1cccc(CCCBr)c1. The second kappa shape index (κ2) is 7.57. The van der Waals surface area contributed by atoms with Crippen molar-refractivity contribution < 1.29 is 4.79 Å². The number of anilines is 1. The van der Waals surface area contributed by atoms with Crippen molar-refractivity contribution in [2.24, 2.45) is 11.8 Å². The lowest BCUT2D eigenvalue weighted by Gasteiger charge is -2.15. The Morgan fingerprint density at radius 1 is 1.33 bits per heavy atom. The molecule has 3 heteroatoms. The fourth-order valence-electron chi connectivity index (χ4n) is 1.63. The van der Waals surface area contributed by atoms with Crippen LogP contribution in [0.1, 0.15) is 32.8 Å². The highest BCUT2D eigenvalue weighted by atomic mass is 79.9. The normalized spacial score (nSPS) is 12.5. The zero-order valence-electron chi connectivity index (χ0n) is 11.4. The highest BCUT2D eigenvalue weighted by Gasteiger charge is 2.16. The Morgan fingerprint density at radius 3 is 2.67 bits per heavy atom. The number of benzene rings is 1. The average molecular weight is 312 g/mol. The molecule has 1 aromatic carbocycles. The Hall–Kier alpha value is -0.830. The molecule has 18 heavy (non-hydrogen) atoms. The van der Waals surface area contributed by atoms with Gasteiger partial charge in [-0.2, -0.15) is 0 Å². The first-order valence-electron chi connectivity index (χ1n) is 6.50. The van der Waals surface area contributed by atoms with Crippen molar-refractivity contribution in [2.75, 3.05) is 10.6 Å². The first kappa shape index (κ1) is 15.2. The third-order valence-corrected chi connectivity index (χ3v) is 3.77. The number of aryl methyl sites for hydroxylation is 1. The molecular weight excluding hydrogens is 290 g/mol. The predicted molar refractivity (Wildman–Crippen MR) is 81.2 cm³/mol.